The van der Waals surface area contributed by atoms with E-state index in [0.717, 1.165) is 0 Å². The van der Waals surface area contributed by atoms with Crippen LogP contribution < -0.4 is 10.6 Å². The Labute approximate surface area is 132 Å². The number of hydrogen-bond donors (Lipinski definition) is 2. The van der Waals surface area contributed by atoms with E-state index in [9.17, 15) is 14.4 Å². The minimum absolute atomic E-state index is 0.0280. The number of rotatable bonds is 8. The monoisotopic (exact) mass is 364 g/mol. The second kappa shape index (κ2) is 9.38. The molecule has 21 heavy (non-hydrogen) atoms. The zero-order chi connectivity index (χ0) is 16.5. The minimum atomic E-state index is -0.633. The predicted octanol–water partition coefficient (Wildman–Crippen LogP) is 1.12. The molecule has 0 saturated carbocycles. The molecule has 0 fully saturated rings. The second-order valence-corrected chi connectivity index (χ2v) is 5.45. The van der Waals surface area contributed by atoms with Crippen molar-refractivity contribution < 1.29 is 23.9 Å². The van der Waals surface area contributed by atoms with E-state index in [1.165, 1.54) is 6.92 Å². The molecule has 0 aliphatic carbocycles. The number of amides is 2. The molecule has 2 N–H and O–H groups in total. The largest absolute Gasteiger partial charge is 0.460 e. The summed E-state index contributed by atoms with van der Waals surface area (Å²) >= 11 is 3.22. The number of urea groups is 1. The first-order chi connectivity index (χ1) is 9.68. The molecule has 8 heteroatoms. The van der Waals surface area contributed by atoms with Crippen LogP contribution in [0.4, 0.5) is 4.79 Å². The topological polar surface area (TPSA) is 93.7 Å². The van der Waals surface area contributed by atoms with Gasteiger partial charge in [0.2, 0.25) is 0 Å². The first-order valence-corrected chi connectivity index (χ1v) is 7.42. The van der Waals surface area contributed by atoms with E-state index in [1.54, 1.807) is 13.8 Å². The van der Waals surface area contributed by atoms with Crippen molar-refractivity contribution in [3.05, 3.63) is 12.2 Å². The molecular formula is C13H21BrN2O5. The average Bonchev–Trinajstić information content (AvgIpc) is 2.40. The Morgan fingerprint density at radius 2 is 1.86 bits per heavy atom. The van der Waals surface area contributed by atoms with Crippen LogP contribution in [0.2, 0.25) is 0 Å². The Bertz CT molecular complexity index is 409. The first-order valence-electron chi connectivity index (χ1n) is 6.30. The molecule has 0 aromatic carbocycles. The highest BCUT2D eigenvalue weighted by molar-refractivity contribution is 9.09. The summed E-state index contributed by atoms with van der Waals surface area (Å²) in [4.78, 5) is 33.9. The average molecular weight is 365 g/mol. The second-order valence-electron chi connectivity index (χ2n) is 4.89. The van der Waals surface area contributed by atoms with Gasteiger partial charge < -0.3 is 20.1 Å². The Hall–Kier alpha value is -1.57. The maximum Gasteiger partial charge on any atom is 0.333 e. The van der Waals surface area contributed by atoms with Crippen LogP contribution in [0.25, 0.3) is 0 Å². The zero-order valence-electron chi connectivity index (χ0n) is 12.5. The fourth-order valence-corrected chi connectivity index (χ4v) is 1.13. The van der Waals surface area contributed by atoms with Crippen molar-refractivity contribution in [2.45, 2.75) is 26.4 Å². The summed E-state index contributed by atoms with van der Waals surface area (Å²) in [5.74, 6) is -1.05. The summed E-state index contributed by atoms with van der Waals surface area (Å²) in [6, 6.07) is -0.546. The number of carbonyl (C=O) groups is 3. The molecule has 0 heterocycles. The molecule has 0 aromatic heterocycles. The van der Waals surface area contributed by atoms with Crippen molar-refractivity contribution in [1.29, 1.82) is 0 Å². The van der Waals surface area contributed by atoms with Gasteiger partial charge in [0.1, 0.15) is 18.8 Å². The Morgan fingerprint density at radius 3 is 2.38 bits per heavy atom. The van der Waals surface area contributed by atoms with E-state index in [1.807, 2.05) is 0 Å². The van der Waals surface area contributed by atoms with E-state index in [4.69, 9.17) is 9.47 Å². The lowest BCUT2D eigenvalue weighted by molar-refractivity contribution is -0.152. The summed E-state index contributed by atoms with van der Waals surface area (Å²) in [6.45, 7) is 8.36. The third-order valence-corrected chi connectivity index (χ3v) is 3.42. The van der Waals surface area contributed by atoms with Crippen LogP contribution in [-0.4, -0.2) is 48.6 Å². The van der Waals surface area contributed by atoms with Gasteiger partial charge in [-0.15, -0.1) is 0 Å². The molecule has 0 bridgehead atoms. The normalized spacial score (nSPS) is 10.5. The van der Waals surface area contributed by atoms with Gasteiger partial charge in [-0.2, -0.15) is 0 Å². The van der Waals surface area contributed by atoms with Crippen molar-refractivity contribution in [3.8, 4) is 0 Å². The van der Waals surface area contributed by atoms with Crippen LogP contribution >= 0.6 is 15.9 Å². The molecule has 0 spiro atoms. The number of hydrogen-bond acceptors (Lipinski definition) is 5. The van der Waals surface area contributed by atoms with Gasteiger partial charge in [0.15, 0.2) is 0 Å². The molecule has 0 saturated heterocycles. The van der Waals surface area contributed by atoms with Crippen LogP contribution in [0.1, 0.15) is 20.8 Å². The van der Waals surface area contributed by atoms with Crippen molar-refractivity contribution in [2.24, 2.45) is 0 Å². The van der Waals surface area contributed by atoms with Crippen LogP contribution in [0.15, 0.2) is 12.2 Å². The molecule has 7 nitrogen and oxygen atoms in total. The van der Waals surface area contributed by atoms with Gasteiger partial charge in [-0.1, -0.05) is 22.5 Å². The third kappa shape index (κ3) is 9.89. The van der Waals surface area contributed by atoms with Gasteiger partial charge in [0, 0.05) is 10.9 Å². The number of nitrogens with one attached hydrogen (secondary N) is 2. The highest BCUT2D eigenvalue weighted by Gasteiger charge is 2.21. The Balaban J connectivity index is 3.79. The van der Waals surface area contributed by atoms with E-state index in [-0.39, 0.29) is 25.3 Å². The molecule has 120 valence electrons. The lowest BCUT2D eigenvalue weighted by Gasteiger charge is -2.22. The highest BCUT2D eigenvalue weighted by atomic mass is 79.9. The SMILES string of the molecule is C=C(C)C(=O)OCCNC(=O)NCC(=O)OC(C)(C)CBr. The van der Waals surface area contributed by atoms with Gasteiger partial charge in [-0.25, -0.2) is 9.59 Å². The lowest BCUT2D eigenvalue weighted by atomic mass is 10.2. The van der Waals surface area contributed by atoms with Crippen molar-refractivity contribution >= 4 is 33.9 Å². The number of carbonyl (C=O) groups excluding carboxylic acids is 3. The smallest absolute Gasteiger partial charge is 0.333 e. The summed E-state index contributed by atoms with van der Waals surface area (Å²) < 4.78 is 9.90. The van der Waals surface area contributed by atoms with Crippen molar-refractivity contribution in [2.75, 3.05) is 25.0 Å². The molecule has 0 atom stereocenters. The van der Waals surface area contributed by atoms with Crippen LogP contribution in [0, 0.1) is 0 Å². The number of alkyl halides is 1. The summed E-state index contributed by atoms with van der Waals surface area (Å²) in [5, 5.41) is 5.27. The van der Waals surface area contributed by atoms with Crippen molar-refractivity contribution in [1.82, 2.24) is 10.6 Å². The van der Waals surface area contributed by atoms with E-state index in [2.05, 4.69) is 33.1 Å². The van der Waals surface area contributed by atoms with Gasteiger partial charge >= 0.3 is 18.0 Å². The molecule has 0 rings (SSSR count). The molecule has 0 radical (unpaired) electrons. The standard InChI is InChI=1S/C13H21BrN2O5/c1-9(2)11(18)20-6-5-15-12(19)16-7-10(17)21-13(3,4)8-14/h1,5-8H2,2-4H3,(H2,15,16,19). The first kappa shape index (κ1) is 19.4. The molecule has 0 unspecified atom stereocenters. The van der Waals surface area contributed by atoms with Crippen LogP contribution in [-0.2, 0) is 19.1 Å². The summed E-state index contributed by atoms with van der Waals surface area (Å²) in [6.07, 6.45) is 0. The maximum absolute atomic E-state index is 11.5. The quantitative estimate of drug-likeness (QED) is 0.291. The predicted molar refractivity (Wildman–Crippen MR) is 81.1 cm³/mol. The fraction of sp³-hybridized carbons (Fsp3) is 0.615. The lowest BCUT2D eigenvalue weighted by Crippen LogP contribution is -2.42. The maximum atomic E-state index is 11.5. The molecular weight excluding hydrogens is 344 g/mol. The highest BCUT2D eigenvalue weighted by Crippen LogP contribution is 2.11. The van der Waals surface area contributed by atoms with E-state index >= 15 is 0 Å². The summed E-state index contributed by atoms with van der Waals surface area (Å²) in [5.41, 5.74) is -0.344. The van der Waals surface area contributed by atoms with Gasteiger partial charge in [0.25, 0.3) is 0 Å². The van der Waals surface area contributed by atoms with Crippen molar-refractivity contribution in [3.63, 3.8) is 0 Å². The third-order valence-electron chi connectivity index (χ3n) is 2.07. The number of halogens is 1. The van der Waals surface area contributed by atoms with Crippen LogP contribution in [0.5, 0.6) is 0 Å². The van der Waals surface area contributed by atoms with Gasteiger partial charge in [0.05, 0.1) is 6.54 Å². The Kier molecular flexibility index (Phi) is 8.68. The van der Waals surface area contributed by atoms with Gasteiger partial charge in [-0.05, 0) is 20.8 Å². The molecule has 2 amide bonds. The molecule has 0 aliphatic rings. The van der Waals surface area contributed by atoms with E-state index in [0.29, 0.717) is 5.33 Å². The van der Waals surface area contributed by atoms with Crippen LogP contribution in [0.3, 0.4) is 0 Å². The molecule has 0 aromatic rings. The Morgan fingerprint density at radius 1 is 1.24 bits per heavy atom. The molecule has 0 aliphatic heterocycles. The minimum Gasteiger partial charge on any atom is -0.460 e. The van der Waals surface area contributed by atoms with Gasteiger partial charge in [-0.3, -0.25) is 4.79 Å². The number of ether oxygens (including phenoxy) is 2. The number of esters is 2. The zero-order valence-corrected chi connectivity index (χ0v) is 14.0. The fourth-order valence-electron chi connectivity index (χ4n) is 1.02. The van der Waals surface area contributed by atoms with E-state index < -0.39 is 23.6 Å². The summed E-state index contributed by atoms with van der Waals surface area (Å²) in [7, 11) is 0.